The Kier molecular flexibility index (Phi) is 8.64. The van der Waals surface area contributed by atoms with Gasteiger partial charge in [-0.05, 0) is 74.3 Å². The molecule has 2 aromatic carbocycles. The highest BCUT2D eigenvalue weighted by molar-refractivity contribution is 6.32. The average Bonchev–Trinajstić information content (AvgIpc) is 3.38. The van der Waals surface area contributed by atoms with E-state index in [1.807, 2.05) is 54.3 Å². The third-order valence-corrected chi connectivity index (χ3v) is 8.38. The smallest absolute Gasteiger partial charge is 0.223 e. The molecule has 5 rings (SSSR count). The van der Waals surface area contributed by atoms with Crippen LogP contribution in [0, 0.1) is 12.3 Å². The van der Waals surface area contributed by atoms with E-state index in [4.69, 9.17) is 32.7 Å². The van der Waals surface area contributed by atoms with Crippen molar-refractivity contribution in [3.8, 4) is 11.4 Å². The molecule has 0 aliphatic carbocycles. The van der Waals surface area contributed by atoms with E-state index in [0.29, 0.717) is 39.3 Å². The molecule has 2 aliphatic rings. The van der Waals surface area contributed by atoms with Crippen LogP contribution in [0.4, 0.5) is 0 Å². The van der Waals surface area contributed by atoms with Crippen LogP contribution in [0.5, 0.6) is 5.75 Å². The van der Waals surface area contributed by atoms with Crippen molar-refractivity contribution in [2.45, 2.75) is 32.7 Å². The summed E-state index contributed by atoms with van der Waals surface area (Å²) in [6.07, 6.45) is 4.47. The fourth-order valence-electron chi connectivity index (χ4n) is 5.60. The third-order valence-electron chi connectivity index (χ3n) is 7.64. The van der Waals surface area contributed by atoms with Crippen molar-refractivity contribution in [2.75, 3.05) is 46.0 Å². The molecule has 2 aliphatic heterocycles. The molecule has 6 nitrogen and oxygen atoms in total. The number of ether oxygens (including phenoxy) is 2. The number of rotatable bonds is 8. The lowest BCUT2D eigenvalue weighted by atomic mass is 9.77. The van der Waals surface area contributed by atoms with Gasteiger partial charge >= 0.3 is 0 Å². The molecule has 1 atom stereocenters. The summed E-state index contributed by atoms with van der Waals surface area (Å²) in [5.41, 5.74) is 2.83. The van der Waals surface area contributed by atoms with Gasteiger partial charge in [0.15, 0.2) is 0 Å². The summed E-state index contributed by atoms with van der Waals surface area (Å²) in [5, 5.41) is 1.45. The first-order valence-corrected chi connectivity index (χ1v) is 14.1. The second-order valence-corrected chi connectivity index (χ2v) is 11.3. The Morgan fingerprint density at radius 3 is 2.63 bits per heavy atom. The number of aryl methyl sites for hydroxylation is 1. The van der Waals surface area contributed by atoms with Crippen molar-refractivity contribution in [1.82, 2.24) is 14.4 Å². The van der Waals surface area contributed by atoms with Crippen molar-refractivity contribution in [1.29, 1.82) is 0 Å². The topological polar surface area (TPSA) is 46.9 Å². The Morgan fingerprint density at radius 2 is 1.84 bits per heavy atom. The van der Waals surface area contributed by atoms with Gasteiger partial charge in [0.25, 0.3) is 0 Å². The second kappa shape index (κ2) is 12.1. The third kappa shape index (κ3) is 6.37. The summed E-state index contributed by atoms with van der Waals surface area (Å²) in [4.78, 5) is 17.8. The van der Waals surface area contributed by atoms with Crippen LogP contribution in [0.15, 0.2) is 60.8 Å². The maximum Gasteiger partial charge on any atom is 0.223 e. The molecule has 0 unspecified atom stereocenters. The Bertz CT molecular complexity index is 1260. The van der Waals surface area contributed by atoms with Crippen LogP contribution in [-0.2, 0) is 16.1 Å². The monoisotopic (exact) mass is 555 g/mol. The predicted molar refractivity (Wildman–Crippen MR) is 151 cm³/mol. The van der Waals surface area contributed by atoms with Crippen LogP contribution < -0.4 is 4.74 Å². The molecule has 38 heavy (non-hydrogen) atoms. The number of amides is 1. The first-order chi connectivity index (χ1) is 18.4. The molecule has 3 aromatic rings. The highest BCUT2D eigenvalue weighted by Crippen LogP contribution is 2.36. The molecule has 0 N–H and O–H groups in total. The van der Waals surface area contributed by atoms with E-state index >= 15 is 0 Å². The Morgan fingerprint density at radius 1 is 1.03 bits per heavy atom. The zero-order valence-electron chi connectivity index (χ0n) is 21.9. The zero-order valence-corrected chi connectivity index (χ0v) is 23.4. The van der Waals surface area contributed by atoms with Gasteiger partial charge < -0.3 is 18.9 Å². The van der Waals surface area contributed by atoms with Gasteiger partial charge in [0.2, 0.25) is 5.91 Å². The van der Waals surface area contributed by atoms with E-state index < -0.39 is 0 Å². The molecule has 1 amide bonds. The number of halogens is 2. The SMILES string of the molecule is Cc1cc(OC[C@]2(CC(=O)N3CCOCC3)CCCN(Cc3cccn3-c3ccccc3Cl)C2)ccc1Cl. The number of likely N-dealkylation sites (tertiary alicyclic amines) is 1. The summed E-state index contributed by atoms with van der Waals surface area (Å²) in [6.45, 7) is 7.49. The lowest BCUT2D eigenvalue weighted by Crippen LogP contribution is -2.50. The first kappa shape index (κ1) is 27.1. The summed E-state index contributed by atoms with van der Waals surface area (Å²) in [6, 6.07) is 17.9. The number of hydrogen-bond acceptors (Lipinski definition) is 4. The van der Waals surface area contributed by atoms with Crippen molar-refractivity contribution in [3.63, 3.8) is 0 Å². The van der Waals surface area contributed by atoms with Gasteiger partial charge in [-0.25, -0.2) is 0 Å². The molecule has 2 fully saturated rings. The van der Waals surface area contributed by atoms with Crippen molar-refractivity contribution in [3.05, 3.63) is 82.1 Å². The van der Waals surface area contributed by atoms with Crippen molar-refractivity contribution < 1.29 is 14.3 Å². The fourth-order valence-corrected chi connectivity index (χ4v) is 5.95. The largest absolute Gasteiger partial charge is 0.493 e. The normalized spacial score (nSPS) is 20.4. The number of aromatic nitrogens is 1. The van der Waals surface area contributed by atoms with Gasteiger partial charge in [0, 0.05) is 54.9 Å². The number of benzene rings is 2. The molecule has 1 aromatic heterocycles. The van der Waals surface area contributed by atoms with E-state index in [-0.39, 0.29) is 11.3 Å². The molecular weight excluding hydrogens is 521 g/mol. The minimum atomic E-state index is -0.289. The molecular formula is C30H35Cl2N3O3. The highest BCUT2D eigenvalue weighted by atomic mass is 35.5. The molecule has 8 heteroatoms. The second-order valence-electron chi connectivity index (χ2n) is 10.5. The summed E-state index contributed by atoms with van der Waals surface area (Å²) >= 11 is 12.7. The van der Waals surface area contributed by atoms with Crippen LogP contribution in [0.1, 0.15) is 30.5 Å². The number of hydrogen-bond donors (Lipinski definition) is 0. The quantitative estimate of drug-likeness (QED) is 0.342. The molecule has 0 spiro atoms. The standard InChI is InChI=1S/C30H35Cl2N3O3/c1-23-18-25(9-10-26(23)31)38-22-30(19-29(36)34-14-16-37-17-15-34)11-5-12-33(21-30)20-24-6-4-13-35(24)28-8-3-2-7-27(28)32/h2-4,6-10,13,18H,5,11-12,14-17,19-22H2,1H3/t30-/m0/s1. The van der Waals surface area contributed by atoms with E-state index in [1.165, 1.54) is 5.69 Å². The van der Waals surface area contributed by atoms with E-state index in [0.717, 1.165) is 59.5 Å². The number of carbonyl (C=O) groups is 1. The van der Waals surface area contributed by atoms with Crippen molar-refractivity contribution >= 4 is 29.1 Å². The minimum absolute atomic E-state index is 0.186. The number of nitrogens with zero attached hydrogens (tertiary/aromatic N) is 3. The summed E-state index contributed by atoms with van der Waals surface area (Å²) in [7, 11) is 0. The van der Waals surface area contributed by atoms with Gasteiger partial charge in [-0.3, -0.25) is 9.69 Å². The Labute approximate surface area is 235 Å². The lowest BCUT2D eigenvalue weighted by Gasteiger charge is -2.43. The number of para-hydroxylation sites is 1. The molecule has 0 radical (unpaired) electrons. The average molecular weight is 557 g/mol. The fraction of sp³-hybridized carbons (Fsp3) is 0.433. The zero-order chi connectivity index (χ0) is 26.5. The van der Waals surface area contributed by atoms with Gasteiger partial charge in [-0.2, -0.15) is 0 Å². The van der Waals surface area contributed by atoms with E-state index in [9.17, 15) is 4.79 Å². The number of carbonyl (C=O) groups excluding carboxylic acids is 1. The highest BCUT2D eigenvalue weighted by Gasteiger charge is 2.40. The van der Waals surface area contributed by atoms with Crippen LogP contribution in [-0.4, -0.2) is 66.3 Å². The van der Waals surface area contributed by atoms with Crippen LogP contribution in [0.2, 0.25) is 10.0 Å². The van der Waals surface area contributed by atoms with Gasteiger partial charge in [0.1, 0.15) is 5.75 Å². The van der Waals surface area contributed by atoms with Gasteiger partial charge in [-0.15, -0.1) is 0 Å². The summed E-state index contributed by atoms with van der Waals surface area (Å²) < 4.78 is 14.0. The Balaban J connectivity index is 1.35. The molecule has 0 bridgehead atoms. The molecule has 2 saturated heterocycles. The lowest BCUT2D eigenvalue weighted by molar-refractivity contribution is -0.139. The molecule has 0 saturated carbocycles. The van der Waals surface area contributed by atoms with Crippen LogP contribution >= 0.6 is 23.2 Å². The molecule has 3 heterocycles. The van der Waals surface area contributed by atoms with Crippen LogP contribution in [0.3, 0.4) is 0 Å². The molecule has 202 valence electrons. The van der Waals surface area contributed by atoms with Crippen LogP contribution in [0.25, 0.3) is 5.69 Å². The predicted octanol–water partition coefficient (Wildman–Crippen LogP) is 6.00. The van der Waals surface area contributed by atoms with Gasteiger partial charge in [-0.1, -0.05) is 35.3 Å². The van der Waals surface area contributed by atoms with Crippen molar-refractivity contribution in [2.24, 2.45) is 5.41 Å². The maximum absolute atomic E-state index is 13.4. The van der Waals surface area contributed by atoms with E-state index in [2.05, 4.69) is 27.8 Å². The van der Waals surface area contributed by atoms with Gasteiger partial charge in [0.05, 0.1) is 30.5 Å². The maximum atomic E-state index is 13.4. The number of piperidine rings is 1. The Hall–Kier alpha value is -2.51. The number of morpholine rings is 1. The summed E-state index contributed by atoms with van der Waals surface area (Å²) in [5.74, 6) is 0.972. The van der Waals surface area contributed by atoms with E-state index in [1.54, 1.807) is 0 Å². The minimum Gasteiger partial charge on any atom is -0.493 e. The first-order valence-electron chi connectivity index (χ1n) is 13.3.